The molecule has 2 aromatic rings. The molecule has 0 aromatic heterocycles. The van der Waals surface area contributed by atoms with Crippen molar-refractivity contribution in [1.82, 2.24) is 5.32 Å². The number of nitrogen functional groups attached to an aromatic ring is 1. The summed E-state index contributed by atoms with van der Waals surface area (Å²) in [6.07, 6.45) is 0. The number of hydrogen-bond donors (Lipinski definition) is 4. The predicted molar refractivity (Wildman–Crippen MR) is 137 cm³/mol. The molecule has 3 rings (SSSR count). The Hall–Kier alpha value is -3.21. The van der Waals surface area contributed by atoms with Crippen molar-refractivity contribution in [2.75, 3.05) is 49.4 Å². The van der Waals surface area contributed by atoms with Crippen LogP contribution in [0.3, 0.4) is 0 Å². The summed E-state index contributed by atoms with van der Waals surface area (Å²) in [6.45, 7) is 5.53. The number of primary amides is 1. The molecule has 35 heavy (non-hydrogen) atoms. The van der Waals surface area contributed by atoms with Gasteiger partial charge in [0, 0.05) is 37.0 Å². The highest BCUT2D eigenvalue weighted by molar-refractivity contribution is 6.39. The lowest BCUT2D eigenvalue weighted by molar-refractivity contribution is -0.148. The Labute approximate surface area is 213 Å². The number of carbonyl (C=O) groups is 3. The van der Waals surface area contributed by atoms with Gasteiger partial charge in [-0.3, -0.25) is 9.59 Å². The third kappa shape index (κ3) is 7.91. The number of esters is 1. The third-order valence-corrected chi connectivity index (χ3v) is 5.57. The summed E-state index contributed by atoms with van der Waals surface area (Å²) in [5.74, 6) is -1.53. The molecule has 0 spiro atoms. The quantitative estimate of drug-likeness (QED) is 0.255. The molecular weight excluding hydrogens is 497 g/mol. The smallest absolute Gasteiger partial charge is 0.352 e. The van der Waals surface area contributed by atoms with E-state index in [2.05, 4.69) is 15.5 Å². The molecule has 1 fully saturated rings. The minimum atomic E-state index is -1.51. The fourth-order valence-corrected chi connectivity index (χ4v) is 3.88. The summed E-state index contributed by atoms with van der Waals surface area (Å²) < 4.78 is 10.1. The molecule has 0 radical (unpaired) electrons. The molecular formula is C23H29Cl2N5O5. The first kappa shape index (κ1) is 28.0. The molecule has 2 aromatic carbocycles. The van der Waals surface area contributed by atoms with E-state index in [0.717, 1.165) is 18.8 Å². The number of hydrogen-bond acceptors (Lipinski definition) is 8. The minimum Gasteiger partial charge on any atom is -0.466 e. The highest BCUT2D eigenvalue weighted by Crippen LogP contribution is 2.37. The van der Waals surface area contributed by atoms with Gasteiger partial charge in [-0.25, -0.2) is 4.79 Å². The Morgan fingerprint density at radius 1 is 1.11 bits per heavy atom. The standard InChI is InChI=1S/C16H21Cl2N3O4.C7H8N2O/c1-10(22)19-16(2,15(23)24-3)20-14-12(17)8-11(9-13(14)18)21-4-6-25-7-5-21;8-6-3-1-2-5(4-6)7(9)10/h8-9,20H,4-7H2,1-3H3,(H,19,22);1-4H,8H2,(H2,9,10)/t16-;/m1./s1. The van der Waals surface area contributed by atoms with Crippen LogP contribution in [-0.2, 0) is 19.1 Å². The average molecular weight is 526 g/mol. The first-order chi connectivity index (χ1) is 16.5. The largest absolute Gasteiger partial charge is 0.466 e. The van der Waals surface area contributed by atoms with Crippen molar-refractivity contribution >= 4 is 58.0 Å². The number of ether oxygens (including phenoxy) is 2. The number of carbonyl (C=O) groups excluding carboxylic acids is 3. The van der Waals surface area contributed by atoms with Crippen LogP contribution in [0.25, 0.3) is 0 Å². The Kier molecular flexibility index (Phi) is 10.00. The van der Waals surface area contributed by atoms with Gasteiger partial charge in [-0.05, 0) is 37.3 Å². The van der Waals surface area contributed by atoms with Gasteiger partial charge in [0.2, 0.25) is 17.5 Å². The zero-order chi connectivity index (χ0) is 26.2. The van der Waals surface area contributed by atoms with Crippen LogP contribution in [0, 0.1) is 0 Å². The van der Waals surface area contributed by atoms with Crippen molar-refractivity contribution in [1.29, 1.82) is 0 Å². The van der Waals surface area contributed by atoms with Gasteiger partial charge in [0.1, 0.15) is 0 Å². The zero-order valence-corrected chi connectivity index (χ0v) is 21.2. The first-order valence-corrected chi connectivity index (χ1v) is 11.3. The highest BCUT2D eigenvalue weighted by atomic mass is 35.5. The molecule has 1 saturated heterocycles. The number of methoxy groups -OCH3 is 1. The lowest BCUT2D eigenvalue weighted by Crippen LogP contribution is -2.58. The number of halogens is 2. The first-order valence-electron chi connectivity index (χ1n) is 10.6. The van der Waals surface area contributed by atoms with Gasteiger partial charge in [0.05, 0.1) is 36.1 Å². The third-order valence-electron chi connectivity index (χ3n) is 4.97. The maximum atomic E-state index is 12.1. The monoisotopic (exact) mass is 525 g/mol. The van der Waals surface area contributed by atoms with Crippen molar-refractivity contribution in [2.45, 2.75) is 19.5 Å². The summed E-state index contributed by atoms with van der Waals surface area (Å²) in [7, 11) is 1.23. The number of nitrogens with two attached hydrogens (primary N) is 2. The van der Waals surface area contributed by atoms with Crippen LogP contribution < -0.4 is 27.0 Å². The van der Waals surface area contributed by atoms with Gasteiger partial charge in [-0.15, -0.1) is 0 Å². The zero-order valence-electron chi connectivity index (χ0n) is 19.7. The van der Waals surface area contributed by atoms with Gasteiger partial charge in [0.15, 0.2) is 0 Å². The van der Waals surface area contributed by atoms with E-state index < -0.39 is 23.4 Å². The van der Waals surface area contributed by atoms with Gasteiger partial charge < -0.3 is 36.5 Å². The van der Waals surface area contributed by atoms with Crippen LogP contribution in [0.4, 0.5) is 17.1 Å². The van der Waals surface area contributed by atoms with Crippen LogP contribution in [0.1, 0.15) is 24.2 Å². The van der Waals surface area contributed by atoms with Crippen molar-refractivity contribution < 1.29 is 23.9 Å². The van der Waals surface area contributed by atoms with Crippen molar-refractivity contribution in [3.05, 3.63) is 52.0 Å². The molecule has 1 aliphatic rings. The highest BCUT2D eigenvalue weighted by Gasteiger charge is 2.36. The Morgan fingerprint density at radius 3 is 2.17 bits per heavy atom. The predicted octanol–water partition coefficient (Wildman–Crippen LogP) is 2.63. The maximum absolute atomic E-state index is 12.1. The van der Waals surface area contributed by atoms with Crippen LogP contribution in [-0.4, -0.2) is 56.9 Å². The SMILES string of the molecule is COC(=O)[C@](C)(NC(C)=O)Nc1c(Cl)cc(N2CCOCC2)cc1Cl.NC(=O)c1cccc(N)c1. The van der Waals surface area contributed by atoms with Crippen LogP contribution in [0.5, 0.6) is 0 Å². The average Bonchev–Trinajstić information content (AvgIpc) is 2.81. The Bertz CT molecular complexity index is 1060. The number of rotatable bonds is 6. The summed E-state index contributed by atoms with van der Waals surface area (Å²) in [4.78, 5) is 36.2. The van der Waals surface area contributed by atoms with E-state index in [9.17, 15) is 14.4 Å². The molecule has 0 aliphatic carbocycles. The number of nitrogens with zero attached hydrogens (tertiary/aromatic N) is 1. The van der Waals surface area contributed by atoms with Gasteiger partial charge in [-0.2, -0.15) is 0 Å². The minimum absolute atomic E-state index is 0.328. The van der Waals surface area contributed by atoms with Crippen molar-refractivity contribution in [3.63, 3.8) is 0 Å². The van der Waals surface area contributed by atoms with E-state index in [-0.39, 0.29) is 0 Å². The van der Waals surface area contributed by atoms with Crippen molar-refractivity contribution in [2.24, 2.45) is 5.73 Å². The Balaban J connectivity index is 0.000000360. The molecule has 1 atom stereocenters. The molecule has 6 N–H and O–H groups in total. The molecule has 12 heteroatoms. The summed E-state index contributed by atoms with van der Waals surface area (Å²) >= 11 is 12.7. The number of amides is 2. The van der Waals surface area contributed by atoms with E-state index in [1.54, 1.807) is 36.4 Å². The van der Waals surface area contributed by atoms with E-state index >= 15 is 0 Å². The topological polar surface area (TPSA) is 149 Å². The van der Waals surface area contributed by atoms with E-state index in [4.69, 9.17) is 44.1 Å². The van der Waals surface area contributed by atoms with Gasteiger partial charge in [0.25, 0.3) is 0 Å². The van der Waals surface area contributed by atoms with Crippen LogP contribution >= 0.6 is 23.2 Å². The van der Waals surface area contributed by atoms with Crippen molar-refractivity contribution in [3.8, 4) is 0 Å². The summed E-state index contributed by atoms with van der Waals surface area (Å²) in [5, 5.41) is 6.07. The second-order valence-corrected chi connectivity index (χ2v) is 8.61. The molecule has 10 nitrogen and oxygen atoms in total. The fourth-order valence-electron chi connectivity index (χ4n) is 3.31. The lowest BCUT2D eigenvalue weighted by atomic mass is 10.1. The number of morpholine rings is 1. The molecule has 0 saturated carbocycles. The molecule has 0 bridgehead atoms. The lowest BCUT2D eigenvalue weighted by Gasteiger charge is -2.32. The van der Waals surface area contributed by atoms with Gasteiger partial charge in [-0.1, -0.05) is 29.3 Å². The van der Waals surface area contributed by atoms with E-state index in [1.807, 2.05) is 0 Å². The number of benzene rings is 2. The molecule has 190 valence electrons. The van der Waals surface area contributed by atoms with E-state index in [0.29, 0.717) is 40.2 Å². The molecule has 0 unspecified atom stereocenters. The second kappa shape index (κ2) is 12.5. The number of anilines is 3. The molecule has 2 amide bonds. The fraction of sp³-hybridized carbons (Fsp3) is 0.348. The van der Waals surface area contributed by atoms with Crippen LogP contribution in [0.15, 0.2) is 36.4 Å². The molecule has 1 aliphatic heterocycles. The summed E-state index contributed by atoms with van der Waals surface area (Å²) in [6, 6.07) is 10.1. The van der Waals surface area contributed by atoms with Gasteiger partial charge >= 0.3 is 5.97 Å². The molecule has 1 heterocycles. The normalized spacial score (nSPS) is 14.6. The maximum Gasteiger partial charge on any atom is 0.352 e. The van der Waals surface area contributed by atoms with E-state index in [1.165, 1.54) is 21.0 Å². The Morgan fingerprint density at radius 2 is 1.71 bits per heavy atom. The number of nitrogens with one attached hydrogen (secondary N) is 2. The summed E-state index contributed by atoms with van der Waals surface area (Å²) in [5.41, 5.74) is 11.1. The van der Waals surface area contributed by atoms with Crippen LogP contribution in [0.2, 0.25) is 10.0 Å². The second-order valence-electron chi connectivity index (χ2n) is 7.80.